The number of nitrogens with two attached hydrogens (primary N) is 1. The van der Waals surface area contributed by atoms with Gasteiger partial charge in [-0.1, -0.05) is 41.5 Å². The molecule has 0 bridgehead atoms. The molecule has 0 saturated carbocycles. The minimum Gasteiger partial charge on any atom is -0.457 e. The first kappa shape index (κ1) is 43.4. The number of hydrogen-bond acceptors (Lipinski definition) is 15. The zero-order valence-electron chi connectivity index (χ0n) is 27.3. The lowest BCUT2D eigenvalue weighted by Crippen LogP contribution is -2.53. The summed E-state index contributed by atoms with van der Waals surface area (Å²) in [5.74, 6) is -1.53. The van der Waals surface area contributed by atoms with Gasteiger partial charge in [0.25, 0.3) is 0 Å². The van der Waals surface area contributed by atoms with Crippen LogP contribution in [0.4, 0.5) is 0 Å². The van der Waals surface area contributed by atoms with E-state index in [-0.39, 0.29) is 30.6 Å². The second kappa shape index (κ2) is 24.5. The molecular formula is C29H50N4O10S4. The van der Waals surface area contributed by atoms with Gasteiger partial charge < -0.3 is 45.7 Å². The molecule has 1 heterocycles. The molecule has 0 radical (unpaired) electrons. The number of rotatable bonds is 22. The second-order valence-corrected chi connectivity index (χ2v) is 14.4. The van der Waals surface area contributed by atoms with Crippen LogP contribution < -0.4 is 21.7 Å². The predicted octanol–water partition coefficient (Wildman–Crippen LogP) is 0.273. The average Bonchev–Trinajstić information content (AvgIpc) is 3.02. The SMILES string of the molecule is COCCNC(=O)CO[C@H]1CSSC[C@@H]1OC(=O)[C@@H](C)NC(=O)C[C@@H](/C=C/CCS)OC(=O)C[C@H](O)[C@H](NC(=O)[C@H](N)CS)C(C)C. The Morgan fingerprint density at radius 1 is 1.02 bits per heavy atom. The molecule has 18 heteroatoms. The number of nitrogens with one attached hydrogen (secondary N) is 3. The largest absolute Gasteiger partial charge is 0.457 e. The fourth-order valence-corrected chi connectivity index (χ4v) is 6.83. The first-order valence-corrected chi connectivity index (χ1v) is 19.0. The molecule has 0 aromatic carbocycles. The third kappa shape index (κ3) is 18.1. The van der Waals surface area contributed by atoms with E-state index in [9.17, 15) is 29.1 Å². The van der Waals surface area contributed by atoms with Crippen LogP contribution in [0.15, 0.2) is 12.2 Å². The molecule has 14 nitrogen and oxygen atoms in total. The number of thiol groups is 2. The number of esters is 2. The van der Waals surface area contributed by atoms with E-state index in [1.807, 2.05) is 0 Å². The highest BCUT2D eigenvalue weighted by atomic mass is 33.1. The van der Waals surface area contributed by atoms with E-state index in [4.69, 9.17) is 24.7 Å². The molecule has 47 heavy (non-hydrogen) atoms. The fraction of sp³-hybridized carbons (Fsp3) is 0.759. The van der Waals surface area contributed by atoms with Gasteiger partial charge in [0.05, 0.1) is 37.6 Å². The second-order valence-electron chi connectivity index (χ2n) is 11.0. The molecule has 7 atom stereocenters. The first-order valence-electron chi connectivity index (χ1n) is 15.3. The molecule has 1 fully saturated rings. The van der Waals surface area contributed by atoms with Crippen LogP contribution in [0.25, 0.3) is 0 Å². The quantitative estimate of drug-likeness (QED) is 0.0262. The summed E-state index contributed by atoms with van der Waals surface area (Å²) in [7, 11) is 4.58. The third-order valence-electron chi connectivity index (χ3n) is 6.68. The van der Waals surface area contributed by atoms with Crippen molar-refractivity contribution in [2.45, 2.75) is 82.6 Å². The Bertz CT molecular complexity index is 1030. The predicted molar refractivity (Wildman–Crippen MR) is 188 cm³/mol. The normalized spacial score (nSPS) is 19.7. The Kier molecular flexibility index (Phi) is 22.6. The molecule has 0 aliphatic carbocycles. The zero-order valence-corrected chi connectivity index (χ0v) is 30.7. The highest BCUT2D eigenvalue weighted by Gasteiger charge is 2.33. The Morgan fingerprint density at radius 2 is 1.70 bits per heavy atom. The maximum Gasteiger partial charge on any atom is 0.328 e. The number of allylic oxidation sites excluding steroid dienone is 1. The Labute approximate surface area is 295 Å². The molecule has 0 aromatic heterocycles. The van der Waals surface area contributed by atoms with Crippen LogP contribution in [0, 0.1) is 5.92 Å². The van der Waals surface area contributed by atoms with Gasteiger partial charge in [-0.3, -0.25) is 19.2 Å². The summed E-state index contributed by atoms with van der Waals surface area (Å²) in [6.07, 6.45) is -0.370. The molecule has 6 N–H and O–H groups in total. The molecule has 1 aliphatic heterocycles. The zero-order chi connectivity index (χ0) is 35.4. The van der Waals surface area contributed by atoms with Crippen molar-refractivity contribution in [3.8, 4) is 0 Å². The monoisotopic (exact) mass is 742 g/mol. The highest BCUT2D eigenvalue weighted by molar-refractivity contribution is 8.76. The lowest BCUT2D eigenvalue weighted by atomic mass is 9.96. The molecule has 1 saturated heterocycles. The van der Waals surface area contributed by atoms with Crippen LogP contribution >= 0.6 is 46.8 Å². The van der Waals surface area contributed by atoms with Gasteiger partial charge in [0, 0.05) is 30.9 Å². The van der Waals surface area contributed by atoms with Gasteiger partial charge >= 0.3 is 11.9 Å². The molecule has 1 aliphatic rings. The van der Waals surface area contributed by atoms with Crippen LogP contribution in [-0.4, -0.2) is 127 Å². The number of aliphatic hydroxyl groups excluding tert-OH is 1. The molecule has 270 valence electrons. The van der Waals surface area contributed by atoms with Crippen molar-refractivity contribution in [3.05, 3.63) is 12.2 Å². The maximum absolute atomic E-state index is 12.9. The van der Waals surface area contributed by atoms with Crippen molar-refractivity contribution in [3.63, 3.8) is 0 Å². The van der Waals surface area contributed by atoms with Crippen molar-refractivity contribution in [2.24, 2.45) is 11.7 Å². The lowest BCUT2D eigenvalue weighted by Gasteiger charge is -2.30. The molecule has 1 rings (SSSR count). The van der Waals surface area contributed by atoms with E-state index >= 15 is 0 Å². The smallest absolute Gasteiger partial charge is 0.328 e. The molecule has 3 amide bonds. The summed E-state index contributed by atoms with van der Waals surface area (Å²) < 4.78 is 21.8. The van der Waals surface area contributed by atoms with Gasteiger partial charge in [-0.15, -0.1) is 0 Å². The standard InChI is InChI=1S/C29H50N4O10S4/c1-17(2)27(33-28(38)20(30)14-45)21(34)12-26(37)42-19(7-5-6-10-44)11-24(35)32-18(3)29(39)43-23-16-47-46-15-22(23)41-13-25(36)31-8-9-40-4/h5,7,17-23,27,34,44-45H,6,8-16,30H2,1-4H3,(H,31,36)(H,32,35)(H,33,38)/b7-5+/t18-,19-,20-,21+,22+,23+,27-/m1/s1. The van der Waals surface area contributed by atoms with Gasteiger partial charge in [-0.25, -0.2) is 4.79 Å². The average molecular weight is 743 g/mol. The maximum atomic E-state index is 12.9. The van der Waals surface area contributed by atoms with E-state index in [1.165, 1.54) is 24.8 Å². The summed E-state index contributed by atoms with van der Waals surface area (Å²) >= 11 is 8.17. The fourth-order valence-electron chi connectivity index (χ4n) is 4.08. The molecule has 0 unspecified atom stereocenters. The van der Waals surface area contributed by atoms with Crippen molar-refractivity contribution in [2.75, 3.05) is 49.9 Å². The van der Waals surface area contributed by atoms with Crippen LogP contribution in [-0.2, 0) is 42.9 Å². The van der Waals surface area contributed by atoms with Gasteiger partial charge in [-0.2, -0.15) is 25.3 Å². The number of aliphatic hydroxyl groups is 1. The lowest BCUT2D eigenvalue weighted by molar-refractivity contribution is -0.159. The Balaban J connectivity index is 2.74. The minimum atomic E-state index is -1.28. The van der Waals surface area contributed by atoms with Crippen LogP contribution in [0.2, 0.25) is 0 Å². The number of ether oxygens (including phenoxy) is 4. The highest BCUT2D eigenvalue weighted by Crippen LogP contribution is 2.32. The van der Waals surface area contributed by atoms with Gasteiger partial charge in [0.1, 0.15) is 31.0 Å². The number of methoxy groups -OCH3 is 1. The number of carbonyl (C=O) groups excluding carboxylic acids is 5. The van der Waals surface area contributed by atoms with Crippen molar-refractivity contribution < 1.29 is 48.0 Å². The topological polar surface area (TPSA) is 205 Å². The number of hydrogen-bond donors (Lipinski definition) is 7. The Hall–Kier alpha value is -1.67. The number of amides is 3. The van der Waals surface area contributed by atoms with Gasteiger partial charge in [0.2, 0.25) is 17.7 Å². The first-order chi connectivity index (χ1) is 22.3. The third-order valence-corrected chi connectivity index (χ3v) is 9.75. The van der Waals surface area contributed by atoms with E-state index in [1.54, 1.807) is 36.8 Å². The van der Waals surface area contributed by atoms with E-state index in [0.29, 0.717) is 36.8 Å². The summed E-state index contributed by atoms with van der Waals surface area (Å²) in [5, 5.41) is 18.6. The van der Waals surface area contributed by atoms with E-state index in [0.717, 1.165) is 0 Å². The van der Waals surface area contributed by atoms with E-state index in [2.05, 4.69) is 41.2 Å². The Morgan fingerprint density at radius 3 is 2.32 bits per heavy atom. The van der Waals surface area contributed by atoms with Crippen molar-refractivity contribution in [1.29, 1.82) is 0 Å². The van der Waals surface area contributed by atoms with Crippen LogP contribution in [0.3, 0.4) is 0 Å². The van der Waals surface area contributed by atoms with Gasteiger partial charge in [-0.05, 0) is 31.1 Å². The van der Waals surface area contributed by atoms with Crippen molar-refractivity contribution in [1.82, 2.24) is 16.0 Å². The van der Waals surface area contributed by atoms with Crippen LogP contribution in [0.1, 0.15) is 40.0 Å². The van der Waals surface area contributed by atoms with Crippen molar-refractivity contribution >= 4 is 76.5 Å². The van der Waals surface area contributed by atoms with Gasteiger partial charge in [0.15, 0.2) is 0 Å². The summed E-state index contributed by atoms with van der Waals surface area (Å²) in [4.78, 5) is 62.8. The van der Waals surface area contributed by atoms with Crippen LogP contribution in [0.5, 0.6) is 0 Å². The molecule has 0 spiro atoms. The summed E-state index contributed by atoms with van der Waals surface area (Å²) in [6.45, 7) is 5.54. The number of carbonyl (C=O) groups is 5. The summed E-state index contributed by atoms with van der Waals surface area (Å²) in [6, 6.07) is -2.68. The summed E-state index contributed by atoms with van der Waals surface area (Å²) in [5.41, 5.74) is 5.72. The molecule has 0 aromatic rings. The van der Waals surface area contributed by atoms with E-state index < -0.39 is 72.7 Å². The minimum absolute atomic E-state index is 0.108. The molecular weight excluding hydrogens is 693 g/mol.